The van der Waals surface area contributed by atoms with Crippen LogP contribution in [0.25, 0.3) is 0 Å². The summed E-state index contributed by atoms with van der Waals surface area (Å²) in [5.74, 6) is 1.58. The largest absolute Gasteiger partial charge is 1.00 e. The van der Waals surface area contributed by atoms with Gasteiger partial charge in [-0.15, -0.1) is 0 Å². The molecule has 0 fully saturated rings. The Morgan fingerprint density at radius 3 is 1.83 bits per heavy atom. The monoisotopic (exact) mass is 433 g/mol. The van der Waals surface area contributed by atoms with Crippen molar-refractivity contribution in [1.82, 2.24) is 0 Å². The number of quaternary nitrogens is 1. The Morgan fingerprint density at radius 2 is 1.43 bits per heavy atom. The van der Waals surface area contributed by atoms with Crippen LogP contribution in [0.2, 0.25) is 0 Å². The predicted octanol–water partition coefficient (Wildman–Crippen LogP) is 0.602. The smallest absolute Gasteiger partial charge is 0.480 e. The predicted molar refractivity (Wildman–Crippen MR) is 94.6 cm³/mol. The molecular formula is C15H17BrNO3PS2. The van der Waals surface area contributed by atoms with Crippen molar-refractivity contribution in [1.29, 1.82) is 0 Å². The van der Waals surface area contributed by atoms with Crippen molar-refractivity contribution in [2.75, 3.05) is 12.3 Å². The normalized spacial score (nSPS) is 10.5. The van der Waals surface area contributed by atoms with E-state index in [1.54, 1.807) is 48.5 Å². The third-order valence-corrected chi connectivity index (χ3v) is 6.70. The first-order valence-electron chi connectivity index (χ1n) is 6.70. The van der Waals surface area contributed by atoms with Crippen molar-refractivity contribution in [3.63, 3.8) is 0 Å². The Hall–Kier alpha value is -0.850. The number of benzene rings is 2. The van der Waals surface area contributed by atoms with Crippen molar-refractivity contribution in [2.45, 2.75) is 0 Å². The van der Waals surface area contributed by atoms with Crippen LogP contribution >= 0.6 is 31.6 Å². The molecule has 4 nitrogen and oxygen atoms in total. The lowest BCUT2D eigenvalue weighted by molar-refractivity contribution is -0.360. The highest BCUT2D eigenvalue weighted by atomic mass is 79.9. The zero-order valence-corrected chi connectivity index (χ0v) is 16.4. The van der Waals surface area contributed by atoms with E-state index in [2.05, 4.69) is 5.73 Å². The van der Waals surface area contributed by atoms with Crippen LogP contribution in [-0.4, -0.2) is 16.2 Å². The molecule has 0 aliphatic heterocycles. The minimum absolute atomic E-state index is 0. The van der Waals surface area contributed by atoms with Crippen LogP contribution in [0.5, 0.6) is 11.5 Å². The summed E-state index contributed by atoms with van der Waals surface area (Å²) < 4.78 is 24.6. The van der Waals surface area contributed by atoms with Gasteiger partial charge in [0, 0.05) is 5.75 Å². The number of thiocarbonyl (C=S) groups is 1. The first-order valence-corrected chi connectivity index (χ1v) is 9.63. The average Bonchev–Trinajstić information content (AvgIpc) is 2.54. The van der Waals surface area contributed by atoms with Gasteiger partial charge >= 0.3 is 7.60 Å². The molecule has 0 atom stereocenters. The molecule has 0 bridgehead atoms. The van der Waals surface area contributed by atoms with Crippen molar-refractivity contribution < 1.29 is 36.3 Å². The Bertz CT molecular complexity index is 613. The maximum absolute atomic E-state index is 13.1. The molecule has 2 aromatic carbocycles. The van der Waals surface area contributed by atoms with Gasteiger partial charge in [0.05, 0.1) is 6.54 Å². The van der Waals surface area contributed by atoms with E-state index in [0.29, 0.717) is 23.8 Å². The average molecular weight is 434 g/mol. The summed E-state index contributed by atoms with van der Waals surface area (Å²) in [4.78, 5) is 0. The maximum atomic E-state index is 13.1. The molecule has 0 spiro atoms. The Balaban J connectivity index is 0.00000264. The number of para-hydroxylation sites is 2. The SMILES string of the molecule is [Br-].[NH3+]CCSC(=S)P(=O)(Oc1ccccc1)Oc1ccccc1. The van der Waals surface area contributed by atoms with E-state index in [9.17, 15) is 4.57 Å². The molecule has 0 aliphatic rings. The second-order valence-electron chi connectivity index (χ2n) is 4.27. The highest BCUT2D eigenvalue weighted by molar-refractivity contribution is 8.35. The number of thioether (sulfide) groups is 1. The molecule has 8 heteroatoms. The maximum Gasteiger partial charge on any atom is 0.480 e. The van der Waals surface area contributed by atoms with E-state index >= 15 is 0 Å². The third kappa shape index (κ3) is 6.28. The van der Waals surface area contributed by atoms with Crippen LogP contribution in [0, 0.1) is 0 Å². The van der Waals surface area contributed by atoms with Crippen molar-refractivity contribution in [3.05, 3.63) is 60.7 Å². The van der Waals surface area contributed by atoms with E-state index < -0.39 is 7.60 Å². The molecule has 0 saturated heterocycles. The minimum Gasteiger partial charge on any atom is -1.00 e. The number of hydrogen-bond acceptors (Lipinski definition) is 5. The number of rotatable bonds is 7. The van der Waals surface area contributed by atoms with Crippen LogP contribution in [-0.2, 0) is 4.57 Å². The van der Waals surface area contributed by atoms with Gasteiger partial charge in [-0.25, -0.2) is 4.57 Å². The van der Waals surface area contributed by atoms with Gasteiger partial charge in [-0.05, 0) is 24.3 Å². The van der Waals surface area contributed by atoms with Gasteiger partial charge in [0.25, 0.3) is 0 Å². The molecule has 0 radical (unpaired) electrons. The molecule has 0 unspecified atom stereocenters. The molecule has 0 aromatic heterocycles. The standard InChI is InChI=1S/C15H16NO3PS2.BrH/c16-11-12-22-15(21)20(17,18-13-7-3-1-4-8-13)19-14-9-5-2-6-10-14;/h1-10H,11-12,16H2;1H. The quantitative estimate of drug-likeness (QED) is 0.511. The highest BCUT2D eigenvalue weighted by Crippen LogP contribution is 2.53. The van der Waals surface area contributed by atoms with Crippen LogP contribution in [0.15, 0.2) is 60.7 Å². The van der Waals surface area contributed by atoms with Gasteiger partial charge < -0.3 is 31.8 Å². The van der Waals surface area contributed by atoms with E-state index in [-0.39, 0.29) is 20.9 Å². The van der Waals surface area contributed by atoms with E-state index in [1.807, 2.05) is 12.1 Å². The van der Waals surface area contributed by atoms with Crippen LogP contribution in [0.1, 0.15) is 0 Å². The van der Waals surface area contributed by atoms with Gasteiger partial charge in [0.1, 0.15) is 11.5 Å². The fourth-order valence-electron chi connectivity index (χ4n) is 1.57. The van der Waals surface area contributed by atoms with Crippen molar-refractivity contribution >= 4 is 35.5 Å². The zero-order chi connectivity index (χ0) is 15.8. The summed E-state index contributed by atoms with van der Waals surface area (Å²) in [7, 11) is -3.62. The lowest BCUT2D eigenvalue weighted by Gasteiger charge is -2.20. The third-order valence-electron chi connectivity index (χ3n) is 2.53. The van der Waals surface area contributed by atoms with Crippen LogP contribution in [0.3, 0.4) is 0 Å². The molecule has 0 aliphatic carbocycles. The first kappa shape index (κ1) is 20.2. The van der Waals surface area contributed by atoms with Gasteiger partial charge in [-0.2, -0.15) is 0 Å². The van der Waals surface area contributed by atoms with Crippen LogP contribution in [0.4, 0.5) is 0 Å². The van der Waals surface area contributed by atoms with Gasteiger partial charge in [-0.3, -0.25) is 0 Å². The lowest BCUT2D eigenvalue weighted by Crippen LogP contribution is -3.00. The summed E-state index contributed by atoms with van der Waals surface area (Å²) in [6.45, 7) is 0.682. The van der Waals surface area contributed by atoms with Gasteiger partial charge in [0.2, 0.25) is 0 Å². The van der Waals surface area contributed by atoms with Crippen molar-refractivity contribution in [2.24, 2.45) is 0 Å². The molecule has 3 N–H and O–H groups in total. The Labute approximate surface area is 156 Å². The lowest BCUT2D eigenvalue weighted by atomic mass is 10.3. The van der Waals surface area contributed by atoms with E-state index in [1.165, 1.54) is 11.8 Å². The van der Waals surface area contributed by atoms with Crippen LogP contribution < -0.4 is 31.8 Å². The fourth-order valence-corrected chi connectivity index (χ4v) is 4.48. The zero-order valence-electron chi connectivity index (χ0n) is 12.3. The molecule has 2 aromatic rings. The van der Waals surface area contributed by atoms with Crippen molar-refractivity contribution in [3.8, 4) is 11.5 Å². The van der Waals surface area contributed by atoms with E-state index in [4.69, 9.17) is 21.3 Å². The van der Waals surface area contributed by atoms with Gasteiger partial charge in [0.15, 0.2) is 3.94 Å². The fraction of sp³-hybridized carbons (Fsp3) is 0.133. The first-order chi connectivity index (χ1) is 10.6. The molecule has 23 heavy (non-hydrogen) atoms. The summed E-state index contributed by atoms with van der Waals surface area (Å²) in [6.07, 6.45) is 0. The Morgan fingerprint density at radius 1 is 1.00 bits per heavy atom. The molecule has 124 valence electrons. The van der Waals surface area contributed by atoms with E-state index in [0.717, 1.165) is 0 Å². The molecule has 0 saturated carbocycles. The molecule has 0 heterocycles. The summed E-state index contributed by atoms with van der Waals surface area (Å²) >= 11 is 6.55. The molecule has 0 amide bonds. The highest BCUT2D eigenvalue weighted by Gasteiger charge is 2.35. The Kier molecular flexibility index (Phi) is 8.87. The number of hydrogen-bond donors (Lipinski definition) is 1. The minimum atomic E-state index is -3.62. The second kappa shape index (κ2) is 10.1. The number of halogens is 1. The molecule has 2 rings (SSSR count). The summed E-state index contributed by atoms with van der Waals surface area (Å²) in [5.41, 5.74) is 3.76. The summed E-state index contributed by atoms with van der Waals surface area (Å²) in [5, 5.41) is 0. The van der Waals surface area contributed by atoms with Gasteiger partial charge in [-0.1, -0.05) is 60.4 Å². The topological polar surface area (TPSA) is 63.2 Å². The second-order valence-corrected chi connectivity index (χ2v) is 8.46. The molecular weight excluding hydrogens is 417 g/mol. The summed E-state index contributed by atoms with van der Waals surface area (Å²) in [6, 6.07) is 17.8.